The van der Waals surface area contributed by atoms with Crippen LogP contribution in [0.25, 0.3) is 0 Å². The van der Waals surface area contributed by atoms with Crippen LogP contribution in [0.3, 0.4) is 0 Å². The number of halogens is 2. The number of nitrogens with one attached hydrogen (secondary N) is 3. The van der Waals surface area contributed by atoms with Crippen molar-refractivity contribution >= 4 is 40.0 Å². The van der Waals surface area contributed by atoms with Gasteiger partial charge >= 0.3 is 0 Å². The zero-order valence-corrected chi connectivity index (χ0v) is 20.5. The highest BCUT2D eigenvalue weighted by molar-refractivity contribution is 14.0. The van der Waals surface area contributed by atoms with Gasteiger partial charge in [-0.1, -0.05) is 24.3 Å². The second-order valence-corrected chi connectivity index (χ2v) is 9.82. The van der Waals surface area contributed by atoms with Gasteiger partial charge in [0.15, 0.2) is 5.96 Å². The lowest BCUT2D eigenvalue weighted by Crippen LogP contribution is -2.40. The van der Waals surface area contributed by atoms with E-state index in [0.717, 1.165) is 36.8 Å². The molecule has 0 bridgehead atoms. The molecule has 168 valence electrons. The van der Waals surface area contributed by atoms with Crippen LogP contribution in [0.15, 0.2) is 58.4 Å². The number of hydrogen-bond acceptors (Lipinski definition) is 3. The average Bonchev–Trinajstić information content (AvgIpc) is 3.65. The molecule has 4 rings (SSSR count). The predicted molar refractivity (Wildman–Crippen MR) is 131 cm³/mol. The molecule has 0 heterocycles. The molecule has 2 saturated carbocycles. The molecule has 9 heteroatoms. The Kier molecular flexibility index (Phi) is 7.59. The van der Waals surface area contributed by atoms with Crippen molar-refractivity contribution in [2.24, 2.45) is 4.99 Å². The van der Waals surface area contributed by atoms with Gasteiger partial charge in [0.1, 0.15) is 5.82 Å². The standard InChI is InChI=1S/C22H27FN4O2S.HI/c1-24-21(26-15-22(11-12-22)17-3-2-4-18(23)13-17)25-14-16-5-9-20(10-6-16)30(28,29)27-19-7-8-19;/h2-6,9-10,13,19,27H,7-8,11-12,14-15H2,1H3,(H2,24,25,26);1H. The maximum atomic E-state index is 13.6. The first-order valence-electron chi connectivity index (χ1n) is 10.2. The minimum absolute atomic E-state index is 0. The van der Waals surface area contributed by atoms with E-state index in [-0.39, 0.29) is 46.1 Å². The fourth-order valence-electron chi connectivity index (χ4n) is 3.47. The molecule has 0 radical (unpaired) electrons. The van der Waals surface area contributed by atoms with Crippen LogP contribution in [0.4, 0.5) is 4.39 Å². The van der Waals surface area contributed by atoms with E-state index in [0.29, 0.717) is 19.0 Å². The summed E-state index contributed by atoms with van der Waals surface area (Å²) in [5.74, 6) is 0.448. The molecule has 6 nitrogen and oxygen atoms in total. The summed E-state index contributed by atoms with van der Waals surface area (Å²) in [6.45, 7) is 1.20. The van der Waals surface area contributed by atoms with Gasteiger partial charge in [0, 0.05) is 31.6 Å². The van der Waals surface area contributed by atoms with Crippen molar-refractivity contribution in [2.45, 2.75) is 48.6 Å². The lowest BCUT2D eigenvalue weighted by atomic mass is 9.96. The fourth-order valence-corrected chi connectivity index (χ4v) is 4.78. The molecule has 0 aromatic heterocycles. The molecule has 2 aromatic carbocycles. The maximum Gasteiger partial charge on any atom is 0.240 e. The molecule has 0 atom stereocenters. The zero-order chi connectivity index (χ0) is 21.2. The number of aliphatic imine (C=N–C) groups is 1. The molecule has 0 spiro atoms. The van der Waals surface area contributed by atoms with E-state index in [1.807, 2.05) is 6.07 Å². The quantitative estimate of drug-likeness (QED) is 0.264. The van der Waals surface area contributed by atoms with Crippen molar-refractivity contribution < 1.29 is 12.8 Å². The topological polar surface area (TPSA) is 82.6 Å². The average molecular weight is 558 g/mol. The van der Waals surface area contributed by atoms with Gasteiger partial charge < -0.3 is 10.6 Å². The molecule has 31 heavy (non-hydrogen) atoms. The molecule has 2 aliphatic rings. The number of nitrogens with zero attached hydrogens (tertiary/aromatic N) is 1. The number of hydrogen-bond donors (Lipinski definition) is 3. The summed E-state index contributed by atoms with van der Waals surface area (Å²) < 4.78 is 40.8. The molecular weight excluding hydrogens is 530 g/mol. The second kappa shape index (κ2) is 9.83. The van der Waals surface area contributed by atoms with Crippen molar-refractivity contribution in [2.75, 3.05) is 13.6 Å². The zero-order valence-electron chi connectivity index (χ0n) is 17.4. The third-order valence-electron chi connectivity index (χ3n) is 5.70. The van der Waals surface area contributed by atoms with Crippen molar-refractivity contribution in [3.63, 3.8) is 0 Å². The lowest BCUT2D eigenvalue weighted by molar-refractivity contribution is 0.581. The monoisotopic (exact) mass is 558 g/mol. The number of sulfonamides is 1. The molecule has 0 saturated heterocycles. The van der Waals surface area contributed by atoms with Crippen LogP contribution in [0.5, 0.6) is 0 Å². The van der Waals surface area contributed by atoms with E-state index in [1.165, 1.54) is 6.07 Å². The fraction of sp³-hybridized carbons (Fsp3) is 0.409. The first-order valence-corrected chi connectivity index (χ1v) is 11.7. The van der Waals surface area contributed by atoms with Gasteiger partial charge in [-0.2, -0.15) is 0 Å². The molecular formula is C22H28FIN4O2S. The summed E-state index contributed by atoms with van der Waals surface area (Å²) in [6, 6.07) is 13.7. The Morgan fingerprint density at radius 2 is 1.84 bits per heavy atom. The molecule has 2 fully saturated rings. The molecule has 0 aliphatic heterocycles. The van der Waals surface area contributed by atoms with Crippen LogP contribution in [-0.4, -0.2) is 34.0 Å². The molecule has 2 aliphatic carbocycles. The molecule has 0 amide bonds. The minimum atomic E-state index is -3.43. The van der Waals surface area contributed by atoms with Gasteiger partial charge in [-0.3, -0.25) is 4.99 Å². The second-order valence-electron chi connectivity index (χ2n) is 8.11. The Morgan fingerprint density at radius 3 is 2.42 bits per heavy atom. The molecule has 2 aromatic rings. The SMILES string of the molecule is CN=C(NCc1ccc(S(=O)(=O)NC2CC2)cc1)NCC1(c2cccc(F)c2)CC1.I. The van der Waals surface area contributed by atoms with Gasteiger partial charge in [0.05, 0.1) is 4.90 Å². The Morgan fingerprint density at radius 1 is 1.13 bits per heavy atom. The van der Waals surface area contributed by atoms with Gasteiger partial charge in [-0.05, 0) is 61.1 Å². The Bertz CT molecular complexity index is 1040. The number of benzene rings is 2. The van der Waals surface area contributed by atoms with Crippen LogP contribution in [0.1, 0.15) is 36.8 Å². The Hall–Kier alpha value is -1.72. The largest absolute Gasteiger partial charge is 0.356 e. The van der Waals surface area contributed by atoms with Crippen molar-refractivity contribution in [1.82, 2.24) is 15.4 Å². The molecule has 3 N–H and O–H groups in total. The van der Waals surface area contributed by atoms with Crippen molar-refractivity contribution in [1.29, 1.82) is 0 Å². The third kappa shape index (κ3) is 6.17. The Labute approximate surface area is 200 Å². The van der Waals surface area contributed by atoms with Gasteiger partial charge in [-0.25, -0.2) is 17.5 Å². The van der Waals surface area contributed by atoms with E-state index in [4.69, 9.17) is 0 Å². The van der Waals surface area contributed by atoms with Crippen molar-refractivity contribution in [3.05, 3.63) is 65.5 Å². The van der Waals surface area contributed by atoms with E-state index >= 15 is 0 Å². The minimum Gasteiger partial charge on any atom is -0.356 e. The summed E-state index contributed by atoms with van der Waals surface area (Å²) in [5.41, 5.74) is 1.93. The summed E-state index contributed by atoms with van der Waals surface area (Å²) in [7, 11) is -1.73. The van der Waals surface area contributed by atoms with Gasteiger partial charge in [0.25, 0.3) is 0 Å². The van der Waals surface area contributed by atoms with Gasteiger partial charge in [0.2, 0.25) is 10.0 Å². The van der Waals surface area contributed by atoms with E-state index < -0.39 is 10.0 Å². The van der Waals surface area contributed by atoms with Gasteiger partial charge in [-0.15, -0.1) is 24.0 Å². The summed E-state index contributed by atoms with van der Waals surface area (Å²) >= 11 is 0. The van der Waals surface area contributed by atoms with E-state index in [1.54, 1.807) is 43.4 Å². The van der Waals surface area contributed by atoms with Crippen molar-refractivity contribution in [3.8, 4) is 0 Å². The summed E-state index contributed by atoms with van der Waals surface area (Å²) in [6.07, 6.45) is 3.86. The van der Waals surface area contributed by atoms with Crippen LogP contribution in [0.2, 0.25) is 0 Å². The van der Waals surface area contributed by atoms with Crippen LogP contribution >= 0.6 is 24.0 Å². The summed E-state index contributed by atoms with van der Waals surface area (Å²) in [4.78, 5) is 4.54. The highest BCUT2D eigenvalue weighted by Gasteiger charge is 2.44. The normalized spacial score (nSPS) is 17.5. The first-order chi connectivity index (χ1) is 14.4. The van der Waals surface area contributed by atoms with E-state index in [9.17, 15) is 12.8 Å². The predicted octanol–water partition coefficient (Wildman–Crippen LogP) is 3.28. The molecule has 0 unspecified atom stereocenters. The number of guanidine groups is 1. The first kappa shape index (κ1) is 23.9. The number of rotatable bonds is 8. The maximum absolute atomic E-state index is 13.6. The van der Waals surface area contributed by atoms with Crippen LogP contribution < -0.4 is 15.4 Å². The van der Waals surface area contributed by atoms with E-state index in [2.05, 4.69) is 20.3 Å². The smallest absolute Gasteiger partial charge is 0.240 e. The van der Waals surface area contributed by atoms with Crippen LogP contribution in [-0.2, 0) is 22.0 Å². The highest BCUT2D eigenvalue weighted by Crippen LogP contribution is 2.47. The van der Waals surface area contributed by atoms with Crippen LogP contribution in [0, 0.1) is 5.82 Å². The Balaban J connectivity index is 0.00000272. The highest BCUT2D eigenvalue weighted by atomic mass is 127. The summed E-state index contributed by atoms with van der Waals surface area (Å²) in [5, 5.41) is 6.58. The lowest BCUT2D eigenvalue weighted by Gasteiger charge is -2.19. The third-order valence-corrected chi connectivity index (χ3v) is 7.24.